The molecule has 1 aliphatic rings. The fourth-order valence-corrected chi connectivity index (χ4v) is 2.45. The molecule has 0 spiro atoms. The molecule has 2 N–H and O–H groups in total. The van der Waals surface area contributed by atoms with Crippen LogP contribution in [0.2, 0.25) is 0 Å². The largest absolute Gasteiger partial charge is 0.447 e. The topological polar surface area (TPSA) is 67.4 Å². The van der Waals surface area contributed by atoms with Crippen LogP contribution in [0.5, 0.6) is 0 Å². The average molecular weight is 276 g/mol. The molecule has 108 valence electrons. The highest BCUT2D eigenvalue weighted by molar-refractivity contribution is 6.01. The van der Waals surface area contributed by atoms with Crippen molar-refractivity contribution in [2.45, 2.75) is 45.3 Å². The van der Waals surface area contributed by atoms with E-state index in [4.69, 9.17) is 4.74 Å². The lowest BCUT2D eigenvalue weighted by atomic mass is 9.74. The first-order chi connectivity index (χ1) is 9.32. The minimum atomic E-state index is -0.663. The molecule has 1 unspecified atom stereocenters. The van der Waals surface area contributed by atoms with Crippen molar-refractivity contribution in [3.8, 4) is 0 Å². The molecule has 5 nitrogen and oxygen atoms in total. The lowest BCUT2D eigenvalue weighted by Crippen LogP contribution is -2.57. The van der Waals surface area contributed by atoms with Crippen LogP contribution in [0.4, 0.5) is 10.5 Å². The third kappa shape index (κ3) is 2.61. The van der Waals surface area contributed by atoms with Gasteiger partial charge in [-0.2, -0.15) is 0 Å². The first-order valence-corrected chi connectivity index (χ1v) is 6.70. The first-order valence-electron chi connectivity index (χ1n) is 6.70. The molecule has 2 amide bonds. The summed E-state index contributed by atoms with van der Waals surface area (Å²) in [6.45, 7) is 7.40. The quantitative estimate of drug-likeness (QED) is 0.871. The van der Waals surface area contributed by atoms with Crippen molar-refractivity contribution in [1.29, 1.82) is 0 Å². The number of amides is 2. The molecule has 0 aliphatic carbocycles. The molecule has 1 aliphatic heterocycles. The molecule has 0 aromatic heterocycles. The smallest absolute Gasteiger partial charge is 0.408 e. The fraction of sp³-hybridized carbons (Fsp3) is 0.467. The number of carbonyl (C=O) groups excluding carboxylic acids is 2. The monoisotopic (exact) mass is 276 g/mol. The summed E-state index contributed by atoms with van der Waals surface area (Å²) in [5.74, 6) is -0.227. The van der Waals surface area contributed by atoms with Crippen molar-refractivity contribution in [2.24, 2.45) is 0 Å². The maximum atomic E-state index is 12.2. The molecule has 20 heavy (non-hydrogen) atoms. The highest BCUT2D eigenvalue weighted by atomic mass is 16.6. The minimum Gasteiger partial charge on any atom is -0.447 e. The van der Waals surface area contributed by atoms with E-state index in [-0.39, 0.29) is 12.0 Å². The van der Waals surface area contributed by atoms with Gasteiger partial charge < -0.3 is 15.4 Å². The Labute approximate surface area is 118 Å². The Kier molecular flexibility index (Phi) is 3.70. The number of anilines is 1. The van der Waals surface area contributed by atoms with E-state index in [1.54, 1.807) is 13.8 Å². The summed E-state index contributed by atoms with van der Waals surface area (Å²) in [6.07, 6.45) is -0.801. The van der Waals surface area contributed by atoms with Gasteiger partial charge in [0.2, 0.25) is 5.91 Å². The van der Waals surface area contributed by atoms with Crippen LogP contribution in [0.15, 0.2) is 24.3 Å². The zero-order valence-electron chi connectivity index (χ0n) is 12.2. The van der Waals surface area contributed by atoms with Crippen molar-refractivity contribution in [1.82, 2.24) is 5.32 Å². The third-order valence-electron chi connectivity index (χ3n) is 3.47. The van der Waals surface area contributed by atoms with Crippen molar-refractivity contribution < 1.29 is 14.3 Å². The Morgan fingerprint density at radius 3 is 2.65 bits per heavy atom. The second kappa shape index (κ2) is 5.15. The van der Waals surface area contributed by atoms with E-state index in [9.17, 15) is 9.59 Å². The number of para-hydroxylation sites is 1. The normalized spacial score (nSPS) is 20.1. The van der Waals surface area contributed by atoms with Gasteiger partial charge in [0.05, 0.1) is 6.10 Å². The van der Waals surface area contributed by atoms with Crippen LogP contribution in [-0.2, 0) is 14.9 Å². The number of fused-ring (bicyclic) bond motifs is 1. The summed E-state index contributed by atoms with van der Waals surface area (Å²) in [5.41, 5.74) is 1.28. The number of hydrogen-bond donors (Lipinski definition) is 2. The SMILES string of the molecule is CC(C)OC(=O)NC1C(=O)Nc2ccccc2C1(C)C. The third-order valence-corrected chi connectivity index (χ3v) is 3.47. The second-order valence-electron chi connectivity index (χ2n) is 5.79. The first kappa shape index (κ1) is 14.4. The molecule has 1 heterocycles. The summed E-state index contributed by atoms with van der Waals surface area (Å²) >= 11 is 0. The van der Waals surface area contributed by atoms with Crippen LogP contribution in [0.25, 0.3) is 0 Å². The molecule has 0 saturated heterocycles. The van der Waals surface area contributed by atoms with Gasteiger partial charge in [0.1, 0.15) is 6.04 Å². The number of ether oxygens (including phenoxy) is 1. The number of benzene rings is 1. The van der Waals surface area contributed by atoms with Gasteiger partial charge in [-0.25, -0.2) is 4.79 Å². The Balaban J connectivity index is 2.26. The van der Waals surface area contributed by atoms with Gasteiger partial charge in [0.25, 0.3) is 0 Å². The molecule has 0 saturated carbocycles. The van der Waals surface area contributed by atoms with E-state index >= 15 is 0 Å². The van der Waals surface area contributed by atoms with E-state index in [0.29, 0.717) is 0 Å². The standard InChI is InChI=1S/C15H20N2O3/c1-9(2)20-14(19)17-12-13(18)16-11-8-6-5-7-10(11)15(12,3)4/h5-9,12H,1-4H3,(H,16,18)(H,17,19). The van der Waals surface area contributed by atoms with E-state index in [0.717, 1.165) is 11.3 Å². The zero-order chi connectivity index (χ0) is 14.9. The Morgan fingerprint density at radius 2 is 2.00 bits per heavy atom. The van der Waals surface area contributed by atoms with E-state index in [1.165, 1.54) is 0 Å². The van der Waals surface area contributed by atoms with Crippen molar-refractivity contribution in [3.05, 3.63) is 29.8 Å². The number of rotatable bonds is 2. The Hall–Kier alpha value is -2.04. The summed E-state index contributed by atoms with van der Waals surface area (Å²) in [5, 5.41) is 5.47. The van der Waals surface area contributed by atoms with Crippen molar-refractivity contribution >= 4 is 17.7 Å². The summed E-state index contributed by atoms with van der Waals surface area (Å²) in [4.78, 5) is 24.0. The van der Waals surface area contributed by atoms with Crippen LogP contribution in [0.1, 0.15) is 33.3 Å². The molecular formula is C15H20N2O3. The summed E-state index contributed by atoms with van der Waals surface area (Å²) in [7, 11) is 0. The Morgan fingerprint density at radius 1 is 1.35 bits per heavy atom. The average Bonchev–Trinajstić information content (AvgIpc) is 2.34. The molecular weight excluding hydrogens is 256 g/mol. The fourth-order valence-electron chi connectivity index (χ4n) is 2.45. The van der Waals surface area contributed by atoms with Crippen LogP contribution in [-0.4, -0.2) is 24.1 Å². The number of alkyl carbamates (subject to hydrolysis) is 1. The molecule has 1 aromatic rings. The van der Waals surface area contributed by atoms with Crippen LogP contribution in [0.3, 0.4) is 0 Å². The maximum absolute atomic E-state index is 12.2. The molecule has 1 aromatic carbocycles. The zero-order valence-corrected chi connectivity index (χ0v) is 12.2. The van der Waals surface area contributed by atoms with E-state index in [1.807, 2.05) is 38.1 Å². The van der Waals surface area contributed by atoms with Crippen LogP contribution >= 0.6 is 0 Å². The molecule has 0 fully saturated rings. The van der Waals surface area contributed by atoms with Gasteiger partial charge in [-0.05, 0) is 25.5 Å². The molecule has 0 bridgehead atoms. The predicted molar refractivity (Wildman–Crippen MR) is 76.6 cm³/mol. The molecule has 5 heteroatoms. The lowest BCUT2D eigenvalue weighted by molar-refractivity contribution is -0.120. The maximum Gasteiger partial charge on any atom is 0.408 e. The lowest BCUT2D eigenvalue weighted by Gasteiger charge is -2.39. The number of nitrogens with one attached hydrogen (secondary N) is 2. The van der Waals surface area contributed by atoms with E-state index < -0.39 is 17.6 Å². The Bertz CT molecular complexity index is 538. The van der Waals surface area contributed by atoms with Gasteiger partial charge in [-0.15, -0.1) is 0 Å². The van der Waals surface area contributed by atoms with Gasteiger partial charge >= 0.3 is 6.09 Å². The van der Waals surface area contributed by atoms with Crippen molar-refractivity contribution in [3.63, 3.8) is 0 Å². The van der Waals surface area contributed by atoms with Gasteiger partial charge in [0.15, 0.2) is 0 Å². The highest BCUT2D eigenvalue weighted by Gasteiger charge is 2.43. The summed E-state index contributed by atoms with van der Waals surface area (Å²) in [6, 6.07) is 6.94. The van der Waals surface area contributed by atoms with Crippen LogP contribution in [0, 0.1) is 0 Å². The van der Waals surface area contributed by atoms with E-state index in [2.05, 4.69) is 10.6 Å². The molecule has 2 rings (SSSR count). The number of carbonyl (C=O) groups is 2. The predicted octanol–water partition coefficient (Wildman–Crippen LogP) is 2.42. The van der Waals surface area contributed by atoms with Crippen LogP contribution < -0.4 is 10.6 Å². The second-order valence-corrected chi connectivity index (χ2v) is 5.79. The van der Waals surface area contributed by atoms with Gasteiger partial charge in [-0.3, -0.25) is 4.79 Å². The summed E-state index contributed by atoms with van der Waals surface area (Å²) < 4.78 is 5.05. The van der Waals surface area contributed by atoms with Gasteiger partial charge in [0, 0.05) is 11.1 Å². The van der Waals surface area contributed by atoms with Gasteiger partial charge in [-0.1, -0.05) is 32.0 Å². The molecule has 0 radical (unpaired) electrons. The number of hydrogen-bond acceptors (Lipinski definition) is 3. The minimum absolute atomic E-state index is 0.225. The van der Waals surface area contributed by atoms with Crippen molar-refractivity contribution in [2.75, 3.05) is 5.32 Å². The molecule has 1 atom stereocenters. The highest BCUT2D eigenvalue weighted by Crippen LogP contribution is 2.37.